The molecule has 3 heteroatoms. The average Bonchev–Trinajstić information content (AvgIpc) is 2.75. The van der Waals surface area contributed by atoms with E-state index in [1.165, 1.54) is 6.07 Å². The maximum absolute atomic E-state index is 13.6. The molecule has 2 nitrogen and oxygen atoms in total. The van der Waals surface area contributed by atoms with Crippen LogP contribution in [0.2, 0.25) is 0 Å². The molecule has 1 aliphatic rings. The second kappa shape index (κ2) is 5.61. The summed E-state index contributed by atoms with van der Waals surface area (Å²) in [7, 11) is 1.94. The van der Waals surface area contributed by atoms with Crippen LogP contribution < -0.4 is 5.32 Å². The van der Waals surface area contributed by atoms with E-state index in [2.05, 4.69) is 12.2 Å². The van der Waals surface area contributed by atoms with Gasteiger partial charge >= 0.3 is 0 Å². The molecule has 3 atom stereocenters. The van der Waals surface area contributed by atoms with Gasteiger partial charge in [-0.25, -0.2) is 4.39 Å². The maximum atomic E-state index is 13.6. The first-order chi connectivity index (χ1) is 8.20. The van der Waals surface area contributed by atoms with Crippen molar-refractivity contribution in [1.29, 1.82) is 0 Å². The zero-order valence-corrected chi connectivity index (χ0v) is 10.4. The fourth-order valence-corrected chi connectivity index (χ4v) is 2.54. The van der Waals surface area contributed by atoms with Crippen LogP contribution in [0.1, 0.15) is 18.9 Å². The summed E-state index contributed by atoms with van der Waals surface area (Å²) < 4.78 is 19.2. The molecular formula is C14H20FNO. The minimum Gasteiger partial charge on any atom is -0.378 e. The van der Waals surface area contributed by atoms with E-state index >= 15 is 0 Å². The first-order valence-electron chi connectivity index (χ1n) is 6.23. The normalized spacial score (nSPS) is 26.1. The van der Waals surface area contributed by atoms with Crippen molar-refractivity contribution < 1.29 is 9.13 Å². The van der Waals surface area contributed by atoms with Gasteiger partial charge in [-0.15, -0.1) is 0 Å². The highest BCUT2D eigenvalue weighted by Gasteiger charge is 2.29. The number of halogens is 1. The standard InChI is InChI=1S/C14H20FNO/c1-10-7-12(9-17-10)14(16-2)8-11-5-3-4-6-13(11)15/h3-6,10,12,14,16H,7-9H2,1-2H3. The maximum Gasteiger partial charge on any atom is 0.126 e. The van der Waals surface area contributed by atoms with Crippen molar-refractivity contribution in [3.05, 3.63) is 35.6 Å². The first-order valence-corrected chi connectivity index (χ1v) is 6.23. The van der Waals surface area contributed by atoms with E-state index in [1.807, 2.05) is 19.2 Å². The van der Waals surface area contributed by atoms with E-state index in [9.17, 15) is 4.39 Å². The van der Waals surface area contributed by atoms with Gasteiger partial charge in [0, 0.05) is 12.0 Å². The van der Waals surface area contributed by atoms with Gasteiger partial charge in [-0.2, -0.15) is 0 Å². The Kier molecular flexibility index (Phi) is 4.13. The summed E-state index contributed by atoms with van der Waals surface area (Å²) in [6.45, 7) is 2.87. The Morgan fingerprint density at radius 3 is 2.82 bits per heavy atom. The lowest BCUT2D eigenvalue weighted by atomic mass is 9.91. The monoisotopic (exact) mass is 237 g/mol. The lowest BCUT2D eigenvalue weighted by molar-refractivity contribution is 0.117. The quantitative estimate of drug-likeness (QED) is 0.868. The summed E-state index contributed by atoms with van der Waals surface area (Å²) in [5, 5.41) is 3.29. The molecule has 0 amide bonds. The average molecular weight is 237 g/mol. The molecular weight excluding hydrogens is 217 g/mol. The molecule has 1 aromatic carbocycles. The third-order valence-electron chi connectivity index (χ3n) is 3.57. The molecule has 0 aromatic heterocycles. The Bertz CT molecular complexity index is 369. The smallest absolute Gasteiger partial charge is 0.126 e. The third kappa shape index (κ3) is 3.05. The van der Waals surface area contributed by atoms with Gasteiger partial charge in [0.15, 0.2) is 0 Å². The number of ether oxygens (including phenoxy) is 1. The highest BCUT2D eigenvalue weighted by molar-refractivity contribution is 5.18. The number of hydrogen-bond acceptors (Lipinski definition) is 2. The van der Waals surface area contributed by atoms with Crippen LogP contribution in [0.25, 0.3) is 0 Å². The summed E-state index contributed by atoms with van der Waals surface area (Å²) in [5.74, 6) is 0.370. The number of nitrogens with one attached hydrogen (secondary N) is 1. The summed E-state index contributed by atoms with van der Waals surface area (Å²) in [4.78, 5) is 0. The van der Waals surface area contributed by atoms with Crippen molar-refractivity contribution in [3.8, 4) is 0 Å². The molecule has 1 heterocycles. The van der Waals surface area contributed by atoms with Gasteiger partial charge in [-0.1, -0.05) is 18.2 Å². The Balaban J connectivity index is 2.03. The van der Waals surface area contributed by atoms with Gasteiger partial charge in [0.05, 0.1) is 12.7 Å². The molecule has 94 valence electrons. The SMILES string of the molecule is CNC(Cc1ccccc1F)C1COC(C)C1. The molecule has 0 aliphatic carbocycles. The lowest BCUT2D eigenvalue weighted by Crippen LogP contribution is -2.36. The molecule has 0 radical (unpaired) electrons. The highest BCUT2D eigenvalue weighted by atomic mass is 19.1. The van der Waals surface area contributed by atoms with Gasteiger partial charge in [0.25, 0.3) is 0 Å². The van der Waals surface area contributed by atoms with Gasteiger partial charge in [-0.3, -0.25) is 0 Å². The van der Waals surface area contributed by atoms with E-state index in [-0.39, 0.29) is 11.9 Å². The minimum absolute atomic E-state index is 0.111. The van der Waals surface area contributed by atoms with Crippen LogP contribution in [-0.4, -0.2) is 25.8 Å². The topological polar surface area (TPSA) is 21.3 Å². The van der Waals surface area contributed by atoms with Crippen LogP contribution in [0.4, 0.5) is 4.39 Å². The lowest BCUT2D eigenvalue weighted by Gasteiger charge is -2.22. The van der Waals surface area contributed by atoms with Gasteiger partial charge in [0.2, 0.25) is 0 Å². The van der Waals surface area contributed by atoms with Crippen molar-refractivity contribution >= 4 is 0 Å². The van der Waals surface area contributed by atoms with Gasteiger partial charge in [-0.05, 0) is 38.4 Å². The fourth-order valence-electron chi connectivity index (χ4n) is 2.54. The zero-order chi connectivity index (χ0) is 12.3. The van der Waals surface area contributed by atoms with Crippen LogP contribution in [0, 0.1) is 11.7 Å². The predicted molar refractivity (Wildman–Crippen MR) is 66.5 cm³/mol. The zero-order valence-electron chi connectivity index (χ0n) is 10.4. The number of hydrogen-bond donors (Lipinski definition) is 1. The molecule has 0 bridgehead atoms. The van der Waals surface area contributed by atoms with Crippen LogP contribution >= 0.6 is 0 Å². The fraction of sp³-hybridized carbons (Fsp3) is 0.571. The predicted octanol–water partition coefficient (Wildman–Crippen LogP) is 2.38. The third-order valence-corrected chi connectivity index (χ3v) is 3.57. The molecule has 1 fully saturated rings. The van der Waals surface area contributed by atoms with Crippen LogP contribution in [-0.2, 0) is 11.2 Å². The molecule has 1 aromatic rings. The second-order valence-corrected chi connectivity index (χ2v) is 4.83. The molecule has 1 saturated heterocycles. The van der Waals surface area contributed by atoms with Crippen LogP contribution in [0.15, 0.2) is 24.3 Å². The summed E-state index contributed by atoms with van der Waals surface area (Å²) in [6, 6.07) is 7.29. The van der Waals surface area contributed by atoms with Crippen LogP contribution in [0.5, 0.6) is 0 Å². The Labute approximate surface area is 102 Å². The van der Waals surface area contributed by atoms with Crippen molar-refractivity contribution in [2.24, 2.45) is 5.92 Å². The van der Waals surface area contributed by atoms with Crippen LogP contribution in [0.3, 0.4) is 0 Å². The highest BCUT2D eigenvalue weighted by Crippen LogP contribution is 2.24. The summed E-state index contributed by atoms with van der Waals surface area (Å²) >= 11 is 0. The summed E-state index contributed by atoms with van der Waals surface area (Å²) in [5.41, 5.74) is 0.784. The van der Waals surface area contributed by atoms with Crippen molar-refractivity contribution in [2.75, 3.05) is 13.7 Å². The first kappa shape index (κ1) is 12.5. The Morgan fingerprint density at radius 2 is 2.24 bits per heavy atom. The number of likely N-dealkylation sites (N-methyl/N-ethyl adjacent to an activating group) is 1. The van der Waals surface area contributed by atoms with E-state index in [0.29, 0.717) is 12.0 Å². The van der Waals surface area contributed by atoms with E-state index in [4.69, 9.17) is 4.74 Å². The van der Waals surface area contributed by atoms with Gasteiger partial charge < -0.3 is 10.1 Å². The van der Waals surface area contributed by atoms with Crippen molar-refractivity contribution in [2.45, 2.75) is 31.9 Å². The molecule has 2 rings (SSSR count). The largest absolute Gasteiger partial charge is 0.378 e. The van der Waals surface area contributed by atoms with Gasteiger partial charge in [0.1, 0.15) is 5.82 Å². The Hall–Kier alpha value is -0.930. The molecule has 1 N–H and O–H groups in total. The molecule has 17 heavy (non-hydrogen) atoms. The summed E-state index contributed by atoms with van der Waals surface area (Å²) in [6.07, 6.45) is 2.11. The van der Waals surface area contributed by atoms with E-state index in [1.54, 1.807) is 6.07 Å². The minimum atomic E-state index is -0.111. The molecule has 3 unspecified atom stereocenters. The van der Waals surface area contributed by atoms with E-state index in [0.717, 1.165) is 25.0 Å². The van der Waals surface area contributed by atoms with Crippen molar-refractivity contribution in [1.82, 2.24) is 5.32 Å². The number of benzene rings is 1. The number of rotatable bonds is 4. The molecule has 0 spiro atoms. The van der Waals surface area contributed by atoms with Crippen molar-refractivity contribution in [3.63, 3.8) is 0 Å². The molecule has 1 aliphatic heterocycles. The van der Waals surface area contributed by atoms with E-state index < -0.39 is 0 Å². The Morgan fingerprint density at radius 1 is 1.47 bits per heavy atom. The molecule has 0 saturated carbocycles. The second-order valence-electron chi connectivity index (χ2n) is 4.83.